The van der Waals surface area contributed by atoms with Crippen molar-refractivity contribution in [3.05, 3.63) is 63.6 Å². The lowest BCUT2D eigenvalue weighted by Crippen LogP contribution is -2.29. The van der Waals surface area contributed by atoms with E-state index in [0.29, 0.717) is 15.7 Å². The lowest BCUT2D eigenvalue weighted by atomic mass is 9.98. The molecule has 0 radical (unpaired) electrons. The van der Waals surface area contributed by atoms with Gasteiger partial charge in [0.25, 0.3) is 0 Å². The van der Waals surface area contributed by atoms with Crippen molar-refractivity contribution in [2.24, 2.45) is 5.84 Å². The zero-order valence-electron chi connectivity index (χ0n) is 9.53. The van der Waals surface area contributed by atoms with Gasteiger partial charge in [0.1, 0.15) is 0 Å². The molecule has 1 unspecified atom stereocenters. The molecular formula is C13H13Cl2N3. The number of hydrazine groups is 1. The second-order valence-corrected chi connectivity index (χ2v) is 4.72. The van der Waals surface area contributed by atoms with E-state index in [-0.39, 0.29) is 6.04 Å². The molecule has 5 heteroatoms. The molecule has 0 aliphatic heterocycles. The fourth-order valence-corrected chi connectivity index (χ4v) is 2.14. The van der Waals surface area contributed by atoms with Crippen LogP contribution >= 0.6 is 23.2 Å². The summed E-state index contributed by atoms with van der Waals surface area (Å²) in [6, 6.07) is 12.7. The minimum absolute atomic E-state index is 0.221. The Balaban J connectivity index is 2.45. The summed E-state index contributed by atoms with van der Waals surface area (Å²) in [5, 5.41) is 1.00. The Morgan fingerprint density at radius 1 is 1.00 bits per heavy atom. The predicted octanol–water partition coefficient (Wildman–Crippen LogP) is 3.13. The highest BCUT2D eigenvalue weighted by atomic mass is 35.5. The van der Waals surface area contributed by atoms with Crippen LogP contribution in [0.15, 0.2) is 42.5 Å². The highest BCUT2D eigenvalue weighted by molar-refractivity contribution is 6.42. The van der Waals surface area contributed by atoms with Gasteiger partial charge in [-0.05, 0) is 29.3 Å². The van der Waals surface area contributed by atoms with Crippen LogP contribution < -0.4 is 17.0 Å². The molecule has 0 heterocycles. The monoisotopic (exact) mass is 281 g/mol. The first-order valence-electron chi connectivity index (χ1n) is 5.39. The number of nitrogens with two attached hydrogens (primary N) is 2. The van der Waals surface area contributed by atoms with Gasteiger partial charge in [-0.15, -0.1) is 0 Å². The average Bonchev–Trinajstić information content (AvgIpc) is 2.37. The summed E-state index contributed by atoms with van der Waals surface area (Å²) in [7, 11) is 0. The van der Waals surface area contributed by atoms with E-state index in [4.69, 9.17) is 34.8 Å². The molecule has 3 nitrogen and oxygen atoms in total. The van der Waals surface area contributed by atoms with E-state index < -0.39 is 0 Å². The van der Waals surface area contributed by atoms with Crippen LogP contribution in [0.2, 0.25) is 10.0 Å². The van der Waals surface area contributed by atoms with Gasteiger partial charge in [0.15, 0.2) is 0 Å². The highest BCUT2D eigenvalue weighted by Crippen LogP contribution is 2.30. The molecule has 2 rings (SSSR count). The maximum atomic E-state index is 6.01. The van der Waals surface area contributed by atoms with Crippen LogP contribution in [0, 0.1) is 0 Å². The molecule has 0 saturated heterocycles. The number of halogens is 2. The third kappa shape index (κ3) is 2.60. The third-order valence-electron chi connectivity index (χ3n) is 2.75. The number of nitrogen functional groups attached to an aromatic ring is 1. The highest BCUT2D eigenvalue weighted by Gasteiger charge is 2.15. The van der Waals surface area contributed by atoms with Crippen LogP contribution in [-0.2, 0) is 0 Å². The van der Waals surface area contributed by atoms with Crippen LogP contribution in [0.4, 0.5) is 5.69 Å². The summed E-state index contributed by atoms with van der Waals surface area (Å²) in [6.07, 6.45) is 0. The SMILES string of the molecule is NNC(c1ccc(Cl)c(Cl)c1)c1ccccc1N. The van der Waals surface area contributed by atoms with Gasteiger partial charge < -0.3 is 5.73 Å². The zero-order chi connectivity index (χ0) is 13.1. The molecule has 0 bridgehead atoms. The number of para-hydroxylation sites is 1. The van der Waals surface area contributed by atoms with Crippen molar-refractivity contribution in [1.29, 1.82) is 0 Å². The van der Waals surface area contributed by atoms with Crippen molar-refractivity contribution < 1.29 is 0 Å². The summed E-state index contributed by atoms with van der Waals surface area (Å²) >= 11 is 11.9. The molecule has 0 aliphatic rings. The fraction of sp³-hybridized carbons (Fsp3) is 0.0769. The minimum atomic E-state index is -0.221. The van der Waals surface area contributed by atoms with Crippen molar-refractivity contribution in [2.75, 3.05) is 5.73 Å². The molecule has 1 atom stereocenters. The molecule has 0 amide bonds. The number of hydrogen-bond acceptors (Lipinski definition) is 3. The Bertz CT molecular complexity index is 558. The first-order chi connectivity index (χ1) is 8.63. The number of nitrogens with one attached hydrogen (secondary N) is 1. The van der Waals surface area contributed by atoms with Crippen molar-refractivity contribution >= 4 is 28.9 Å². The normalized spacial score (nSPS) is 12.4. The Hall–Kier alpha value is -1.26. The number of anilines is 1. The third-order valence-corrected chi connectivity index (χ3v) is 3.49. The second kappa shape index (κ2) is 5.59. The summed E-state index contributed by atoms with van der Waals surface area (Å²) < 4.78 is 0. The van der Waals surface area contributed by atoms with Gasteiger partial charge >= 0.3 is 0 Å². The number of rotatable bonds is 3. The van der Waals surface area contributed by atoms with Gasteiger partial charge in [-0.25, -0.2) is 5.43 Å². The van der Waals surface area contributed by atoms with Gasteiger partial charge in [-0.2, -0.15) is 0 Å². The summed E-state index contributed by atoms with van der Waals surface area (Å²) in [4.78, 5) is 0. The summed E-state index contributed by atoms with van der Waals surface area (Å²) in [6.45, 7) is 0. The van der Waals surface area contributed by atoms with E-state index in [9.17, 15) is 0 Å². The summed E-state index contributed by atoms with van der Waals surface area (Å²) in [5.74, 6) is 5.61. The molecule has 0 aromatic heterocycles. The van der Waals surface area contributed by atoms with Crippen LogP contribution in [0.25, 0.3) is 0 Å². The lowest BCUT2D eigenvalue weighted by Gasteiger charge is -2.19. The fourth-order valence-electron chi connectivity index (χ4n) is 1.83. The lowest BCUT2D eigenvalue weighted by molar-refractivity contribution is 0.638. The van der Waals surface area contributed by atoms with Gasteiger partial charge in [-0.1, -0.05) is 47.5 Å². The maximum absolute atomic E-state index is 6.01. The van der Waals surface area contributed by atoms with Crippen LogP contribution in [0.3, 0.4) is 0 Å². The van der Waals surface area contributed by atoms with Gasteiger partial charge in [0.2, 0.25) is 0 Å². The van der Waals surface area contributed by atoms with Crippen LogP contribution in [0.5, 0.6) is 0 Å². The first kappa shape index (κ1) is 13.2. The van der Waals surface area contributed by atoms with Crippen molar-refractivity contribution in [3.8, 4) is 0 Å². The van der Waals surface area contributed by atoms with Crippen molar-refractivity contribution in [3.63, 3.8) is 0 Å². The minimum Gasteiger partial charge on any atom is -0.398 e. The Morgan fingerprint density at radius 2 is 1.72 bits per heavy atom. The Morgan fingerprint density at radius 3 is 2.33 bits per heavy atom. The molecule has 94 valence electrons. The Labute approximate surface area is 116 Å². The van der Waals surface area contributed by atoms with E-state index in [1.54, 1.807) is 12.1 Å². The van der Waals surface area contributed by atoms with E-state index in [1.165, 1.54) is 0 Å². The van der Waals surface area contributed by atoms with Crippen LogP contribution in [-0.4, -0.2) is 0 Å². The standard InChI is InChI=1S/C13H13Cl2N3/c14-10-6-5-8(7-11(10)15)13(18-17)9-3-1-2-4-12(9)16/h1-7,13,18H,16-17H2. The Kier molecular flexibility index (Phi) is 4.09. The van der Waals surface area contributed by atoms with Crippen LogP contribution in [0.1, 0.15) is 17.2 Å². The number of benzene rings is 2. The average molecular weight is 282 g/mol. The zero-order valence-corrected chi connectivity index (χ0v) is 11.0. The van der Waals surface area contributed by atoms with Gasteiger partial charge in [-0.3, -0.25) is 5.84 Å². The molecule has 18 heavy (non-hydrogen) atoms. The van der Waals surface area contributed by atoms with Crippen molar-refractivity contribution in [1.82, 2.24) is 5.43 Å². The second-order valence-electron chi connectivity index (χ2n) is 3.90. The molecule has 5 N–H and O–H groups in total. The summed E-state index contributed by atoms with van der Waals surface area (Å²) in [5.41, 5.74) is 11.2. The quantitative estimate of drug-likeness (QED) is 0.460. The number of hydrogen-bond donors (Lipinski definition) is 3. The smallest absolute Gasteiger partial charge is 0.0730 e. The van der Waals surface area contributed by atoms with Gasteiger partial charge in [0, 0.05) is 5.69 Å². The predicted molar refractivity (Wildman–Crippen MR) is 76.5 cm³/mol. The van der Waals surface area contributed by atoms with E-state index in [2.05, 4.69) is 5.43 Å². The van der Waals surface area contributed by atoms with E-state index >= 15 is 0 Å². The maximum Gasteiger partial charge on any atom is 0.0730 e. The van der Waals surface area contributed by atoms with Crippen molar-refractivity contribution in [2.45, 2.75) is 6.04 Å². The molecule has 2 aromatic rings. The molecule has 0 spiro atoms. The molecule has 0 aliphatic carbocycles. The van der Waals surface area contributed by atoms with Gasteiger partial charge in [0.05, 0.1) is 16.1 Å². The largest absolute Gasteiger partial charge is 0.398 e. The molecule has 2 aromatic carbocycles. The molecule has 0 fully saturated rings. The van der Waals surface area contributed by atoms with E-state index in [0.717, 1.165) is 11.1 Å². The first-order valence-corrected chi connectivity index (χ1v) is 6.14. The molecule has 0 saturated carbocycles. The molecular weight excluding hydrogens is 269 g/mol. The topological polar surface area (TPSA) is 64.1 Å². The van der Waals surface area contributed by atoms with E-state index in [1.807, 2.05) is 30.3 Å².